The van der Waals surface area contributed by atoms with E-state index in [1.807, 2.05) is 0 Å². The first-order chi connectivity index (χ1) is 20.8. The number of imidazole rings is 1. The van der Waals surface area contributed by atoms with Gasteiger partial charge in [0, 0.05) is 53.5 Å². The molecule has 5 rings (SSSR count). The van der Waals surface area contributed by atoms with E-state index in [4.69, 9.17) is 21.2 Å². The third-order valence-electron chi connectivity index (χ3n) is 7.04. The molecule has 5 aromatic rings. The molecule has 0 unspecified atom stereocenters. The molecule has 0 aliphatic carbocycles. The van der Waals surface area contributed by atoms with Gasteiger partial charge in [0.15, 0.2) is 5.82 Å². The number of fused-ring (bicyclic) bond motifs is 1. The fourth-order valence-electron chi connectivity index (χ4n) is 4.67. The molecule has 0 saturated heterocycles. The van der Waals surface area contributed by atoms with E-state index in [2.05, 4.69) is 0 Å². The van der Waals surface area contributed by atoms with Crippen LogP contribution in [-0.2, 0) is 4.74 Å². The maximum atomic E-state index is 13.6. The van der Waals surface area contributed by atoms with Crippen LogP contribution in [0.25, 0.3) is 22.4 Å². The molecule has 1 aromatic heterocycles. The molecule has 4 N–H and O–H groups in total. The fourth-order valence-corrected chi connectivity index (χ4v) is 4.67. The quantitative estimate of drug-likeness (QED) is 0.232. The first kappa shape index (κ1) is 29.8. The van der Waals surface area contributed by atoms with Gasteiger partial charge in [0.25, 0.3) is 11.8 Å². The van der Waals surface area contributed by atoms with E-state index in [9.17, 15) is 14.4 Å². The van der Waals surface area contributed by atoms with Gasteiger partial charge in [0.05, 0.1) is 11.0 Å². The smallest absolute Gasteiger partial charge is 0.420 e. The lowest BCUT2D eigenvalue weighted by Crippen LogP contribution is -2.28. The number of nitrogens with two attached hydrogens (primary N) is 2. The standard InChI is InChI=1S/C34H34N6O4/c1-34(2,3)44-33(43)40-29-20-27(39(5)32(42)23-8-14-25(36)15-9-23)18-19-28(29)37-30(40)21-10-16-26(17-11-21)38(4)31(41)22-6-12-24(35)13-7-22/h6-20H,35-36H2,1-5H3. The molecular formula is C34H34N6O4. The Morgan fingerprint density at radius 3 is 1.68 bits per heavy atom. The van der Waals surface area contributed by atoms with E-state index >= 15 is 0 Å². The molecule has 0 aliphatic heterocycles. The summed E-state index contributed by atoms with van der Waals surface area (Å²) >= 11 is 0. The summed E-state index contributed by atoms with van der Waals surface area (Å²) in [6.45, 7) is 5.37. The minimum absolute atomic E-state index is 0.191. The molecule has 0 saturated carbocycles. The van der Waals surface area contributed by atoms with Crippen molar-refractivity contribution in [2.45, 2.75) is 26.4 Å². The van der Waals surface area contributed by atoms with E-state index in [0.29, 0.717) is 56.3 Å². The summed E-state index contributed by atoms with van der Waals surface area (Å²) < 4.78 is 7.17. The average molecular weight is 591 g/mol. The minimum atomic E-state index is -0.764. The largest absolute Gasteiger partial charge is 0.443 e. The van der Waals surface area contributed by atoms with Crippen molar-refractivity contribution in [1.82, 2.24) is 9.55 Å². The number of anilines is 4. The van der Waals surface area contributed by atoms with E-state index < -0.39 is 11.7 Å². The van der Waals surface area contributed by atoms with Crippen molar-refractivity contribution in [1.29, 1.82) is 0 Å². The van der Waals surface area contributed by atoms with Crippen LogP contribution in [0, 0.1) is 0 Å². The van der Waals surface area contributed by atoms with Crippen LogP contribution in [0.3, 0.4) is 0 Å². The van der Waals surface area contributed by atoms with Crippen molar-refractivity contribution in [3.63, 3.8) is 0 Å². The highest BCUT2D eigenvalue weighted by atomic mass is 16.6. The summed E-state index contributed by atoms with van der Waals surface area (Å²) in [5.41, 5.74) is 15.8. The number of rotatable bonds is 5. The zero-order valence-electron chi connectivity index (χ0n) is 25.2. The van der Waals surface area contributed by atoms with Gasteiger partial charge >= 0.3 is 6.09 Å². The van der Waals surface area contributed by atoms with Crippen molar-refractivity contribution in [2.24, 2.45) is 0 Å². The van der Waals surface area contributed by atoms with Crippen molar-refractivity contribution < 1.29 is 19.1 Å². The molecule has 1 heterocycles. The Kier molecular flexibility index (Phi) is 7.84. The molecule has 0 atom stereocenters. The Morgan fingerprint density at radius 2 is 1.18 bits per heavy atom. The minimum Gasteiger partial charge on any atom is -0.443 e. The van der Waals surface area contributed by atoms with E-state index in [1.54, 1.807) is 126 Å². The molecule has 0 fully saturated rings. The van der Waals surface area contributed by atoms with E-state index in [-0.39, 0.29) is 11.8 Å². The van der Waals surface area contributed by atoms with Gasteiger partial charge in [0.1, 0.15) is 5.60 Å². The molecule has 10 nitrogen and oxygen atoms in total. The summed E-state index contributed by atoms with van der Waals surface area (Å²) in [6, 6.07) is 25.8. The number of nitrogens with zero attached hydrogens (tertiary/aromatic N) is 4. The third kappa shape index (κ3) is 6.10. The highest BCUT2D eigenvalue weighted by Crippen LogP contribution is 2.31. The lowest BCUT2D eigenvalue weighted by molar-refractivity contribution is 0.0546. The Labute approximate surface area is 255 Å². The number of nitrogen functional groups attached to an aromatic ring is 2. The third-order valence-corrected chi connectivity index (χ3v) is 7.04. The summed E-state index contributed by atoms with van der Waals surface area (Å²) in [7, 11) is 3.35. The maximum absolute atomic E-state index is 13.6. The number of amides is 2. The zero-order chi connectivity index (χ0) is 31.8. The first-order valence-electron chi connectivity index (χ1n) is 14.0. The highest BCUT2D eigenvalue weighted by Gasteiger charge is 2.25. The van der Waals surface area contributed by atoms with Crippen molar-refractivity contribution >= 4 is 51.7 Å². The van der Waals surface area contributed by atoms with Crippen LogP contribution in [-0.4, -0.2) is 47.2 Å². The number of benzene rings is 4. The predicted octanol–water partition coefficient (Wildman–Crippen LogP) is 6.20. The van der Waals surface area contributed by atoms with Gasteiger partial charge in [-0.3, -0.25) is 9.59 Å². The molecule has 0 aliphatic rings. The fraction of sp³-hybridized carbons (Fsp3) is 0.176. The van der Waals surface area contributed by atoms with Gasteiger partial charge in [-0.05, 0) is 112 Å². The van der Waals surface area contributed by atoms with Crippen LogP contribution in [0.1, 0.15) is 41.5 Å². The summed E-state index contributed by atoms with van der Waals surface area (Å²) in [6.07, 6.45) is -0.612. The van der Waals surface area contributed by atoms with Crippen LogP contribution in [0.5, 0.6) is 0 Å². The van der Waals surface area contributed by atoms with Crippen LogP contribution in [0.4, 0.5) is 27.5 Å². The Bertz CT molecular complexity index is 1850. The van der Waals surface area contributed by atoms with E-state index in [0.717, 1.165) is 0 Å². The lowest BCUT2D eigenvalue weighted by atomic mass is 10.1. The van der Waals surface area contributed by atoms with Gasteiger partial charge in [0.2, 0.25) is 0 Å². The molecular weight excluding hydrogens is 556 g/mol. The van der Waals surface area contributed by atoms with Crippen molar-refractivity contribution in [3.05, 3.63) is 102 Å². The second-order valence-electron chi connectivity index (χ2n) is 11.4. The molecule has 44 heavy (non-hydrogen) atoms. The number of carbonyl (C=O) groups is 3. The van der Waals surface area contributed by atoms with Gasteiger partial charge < -0.3 is 26.0 Å². The van der Waals surface area contributed by atoms with Gasteiger partial charge in [-0.2, -0.15) is 0 Å². The van der Waals surface area contributed by atoms with Gasteiger partial charge in [-0.25, -0.2) is 14.3 Å². The number of aromatic nitrogens is 2. The Balaban J connectivity index is 1.52. The number of hydrogen-bond donors (Lipinski definition) is 2. The van der Waals surface area contributed by atoms with Crippen LogP contribution < -0.4 is 21.3 Å². The number of carbonyl (C=O) groups excluding carboxylic acids is 3. The van der Waals surface area contributed by atoms with Gasteiger partial charge in [-0.1, -0.05) is 0 Å². The van der Waals surface area contributed by atoms with Gasteiger partial charge in [-0.15, -0.1) is 0 Å². The van der Waals surface area contributed by atoms with Crippen LogP contribution in [0.15, 0.2) is 91.0 Å². The molecule has 0 radical (unpaired) electrons. The molecule has 10 heteroatoms. The molecule has 0 bridgehead atoms. The summed E-state index contributed by atoms with van der Waals surface area (Å²) in [5, 5.41) is 0. The number of hydrogen-bond acceptors (Lipinski definition) is 7. The summed E-state index contributed by atoms with van der Waals surface area (Å²) in [5.74, 6) is -0.0666. The normalized spacial score (nSPS) is 11.3. The second kappa shape index (κ2) is 11.6. The lowest BCUT2D eigenvalue weighted by Gasteiger charge is -2.21. The van der Waals surface area contributed by atoms with Crippen molar-refractivity contribution in [3.8, 4) is 11.4 Å². The molecule has 224 valence electrons. The molecule has 2 amide bonds. The SMILES string of the molecule is CN(C(=O)c1ccc(N)cc1)c1ccc(-c2nc3ccc(N(C)C(=O)c4ccc(N)cc4)cc3n2C(=O)OC(C)(C)C)cc1. The predicted molar refractivity (Wildman–Crippen MR) is 174 cm³/mol. The number of ether oxygens (including phenoxy) is 1. The average Bonchev–Trinajstić information content (AvgIpc) is 3.39. The second-order valence-corrected chi connectivity index (χ2v) is 11.4. The van der Waals surface area contributed by atoms with E-state index in [1.165, 1.54) is 14.4 Å². The molecule has 0 spiro atoms. The topological polar surface area (TPSA) is 137 Å². The van der Waals surface area contributed by atoms with Crippen molar-refractivity contribution in [2.75, 3.05) is 35.4 Å². The first-order valence-corrected chi connectivity index (χ1v) is 14.0. The van der Waals surface area contributed by atoms with Crippen LogP contribution in [0.2, 0.25) is 0 Å². The zero-order valence-corrected chi connectivity index (χ0v) is 25.2. The summed E-state index contributed by atoms with van der Waals surface area (Å²) in [4.78, 5) is 47.6. The maximum Gasteiger partial charge on any atom is 0.420 e. The van der Waals surface area contributed by atoms with Crippen LogP contribution >= 0.6 is 0 Å². The Hall–Kier alpha value is -5.64. The monoisotopic (exact) mass is 590 g/mol. The Morgan fingerprint density at radius 1 is 0.705 bits per heavy atom. The highest BCUT2D eigenvalue weighted by molar-refractivity contribution is 6.07. The molecule has 4 aromatic carbocycles.